The highest BCUT2D eigenvalue weighted by Gasteiger charge is 2.25. The number of rotatable bonds is 8. The Morgan fingerprint density at radius 3 is 2.50 bits per heavy atom. The minimum Gasteiger partial charge on any atom is -0.497 e. The molecule has 3 N–H and O–H groups in total. The minimum atomic E-state index is -0.578. The molecule has 7 nitrogen and oxygen atoms in total. The second kappa shape index (κ2) is 9.01. The molecule has 0 bridgehead atoms. The van der Waals surface area contributed by atoms with E-state index >= 15 is 0 Å². The fourth-order valence-electron chi connectivity index (χ4n) is 3.50. The van der Waals surface area contributed by atoms with Crippen LogP contribution in [0.2, 0.25) is 0 Å². The Bertz CT molecular complexity index is 571. The smallest absolute Gasteiger partial charge is 0.124 e. The number of hydrogen-bond donors (Lipinski definition) is 3. The van der Waals surface area contributed by atoms with E-state index in [9.17, 15) is 15.3 Å². The van der Waals surface area contributed by atoms with Gasteiger partial charge < -0.3 is 29.7 Å². The molecule has 1 aromatic carbocycles. The van der Waals surface area contributed by atoms with Gasteiger partial charge in [-0.15, -0.1) is 0 Å². The van der Waals surface area contributed by atoms with Crippen LogP contribution >= 0.6 is 0 Å². The first-order valence-corrected chi connectivity index (χ1v) is 9.32. The fourth-order valence-corrected chi connectivity index (χ4v) is 3.50. The van der Waals surface area contributed by atoms with Gasteiger partial charge >= 0.3 is 0 Å². The summed E-state index contributed by atoms with van der Waals surface area (Å²) in [6.45, 7) is 4.41. The van der Waals surface area contributed by atoms with E-state index in [1.54, 1.807) is 7.11 Å². The van der Waals surface area contributed by atoms with Crippen molar-refractivity contribution in [3.63, 3.8) is 0 Å². The van der Waals surface area contributed by atoms with Crippen LogP contribution in [0.3, 0.4) is 0 Å². The number of methoxy groups -OCH3 is 1. The van der Waals surface area contributed by atoms with Crippen LogP contribution in [-0.2, 0) is 6.54 Å². The number of β-amino-alcohol motifs (C(OH)–C–C–N with tert-alkyl or cyclic N) is 2. The van der Waals surface area contributed by atoms with Crippen LogP contribution in [0.4, 0.5) is 0 Å². The van der Waals surface area contributed by atoms with Crippen molar-refractivity contribution >= 4 is 0 Å². The van der Waals surface area contributed by atoms with E-state index in [0.717, 1.165) is 43.0 Å². The molecule has 2 heterocycles. The number of ether oxygens (including phenoxy) is 2. The van der Waals surface area contributed by atoms with Crippen molar-refractivity contribution < 1.29 is 24.8 Å². The molecule has 7 heteroatoms. The summed E-state index contributed by atoms with van der Waals surface area (Å²) >= 11 is 0. The van der Waals surface area contributed by atoms with Crippen LogP contribution in [0, 0.1) is 0 Å². The van der Waals surface area contributed by atoms with Gasteiger partial charge in [-0.05, 0) is 31.0 Å². The van der Waals surface area contributed by atoms with Gasteiger partial charge in [0, 0.05) is 44.8 Å². The number of benzene rings is 1. The number of aliphatic hydroxyl groups is 3. The van der Waals surface area contributed by atoms with E-state index in [4.69, 9.17) is 9.47 Å². The van der Waals surface area contributed by atoms with Crippen LogP contribution in [0.1, 0.15) is 18.4 Å². The fraction of sp³-hybridized carbons (Fsp3) is 0.684. The van der Waals surface area contributed by atoms with Gasteiger partial charge in [-0.1, -0.05) is 0 Å². The van der Waals surface area contributed by atoms with Gasteiger partial charge in [-0.3, -0.25) is 4.90 Å². The third-order valence-electron chi connectivity index (χ3n) is 5.06. The van der Waals surface area contributed by atoms with Crippen molar-refractivity contribution in [1.29, 1.82) is 0 Å². The lowest BCUT2D eigenvalue weighted by molar-refractivity contribution is -0.00371. The molecule has 2 aliphatic rings. The summed E-state index contributed by atoms with van der Waals surface area (Å²) in [5.74, 6) is 1.50. The lowest BCUT2D eigenvalue weighted by Gasteiger charge is -2.36. The molecule has 0 aliphatic carbocycles. The van der Waals surface area contributed by atoms with E-state index < -0.39 is 6.10 Å². The predicted octanol–water partition coefficient (Wildman–Crippen LogP) is 0.0681. The largest absolute Gasteiger partial charge is 0.497 e. The van der Waals surface area contributed by atoms with Gasteiger partial charge in [0.2, 0.25) is 0 Å². The molecule has 0 amide bonds. The molecular weight excluding hydrogens is 336 g/mol. The maximum Gasteiger partial charge on any atom is 0.124 e. The third kappa shape index (κ3) is 5.31. The lowest BCUT2D eigenvalue weighted by atomic mass is 10.1. The molecule has 0 spiro atoms. The summed E-state index contributed by atoms with van der Waals surface area (Å²) in [4.78, 5) is 4.30. The van der Waals surface area contributed by atoms with Gasteiger partial charge in [0.05, 0.1) is 19.3 Å². The summed E-state index contributed by atoms with van der Waals surface area (Å²) in [6, 6.07) is 5.66. The highest BCUT2D eigenvalue weighted by atomic mass is 16.5. The summed E-state index contributed by atoms with van der Waals surface area (Å²) in [7, 11) is 1.63. The molecule has 1 atom stereocenters. The van der Waals surface area contributed by atoms with Crippen LogP contribution in [0.25, 0.3) is 0 Å². The van der Waals surface area contributed by atoms with Crippen molar-refractivity contribution in [2.24, 2.45) is 0 Å². The summed E-state index contributed by atoms with van der Waals surface area (Å²) in [6.07, 6.45) is 0.498. The molecular formula is C19H30N2O5. The van der Waals surface area contributed by atoms with Crippen LogP contribution in [-0.4, -0.2) is 89.9 Å². The van der Waals surface area contributed by atoms with Crippen molar-refractivity contribution in [3.8, 4) is 11.5 Å². The molecule has 2 fully saturated rings. The van der Waals surface area contributed by atoms with Gasteiger partial charge in [0.25, 0.3) is 0 Å². The van der Waals surface area contributed by atoms with Crippen molar-refractivity contribution in [2.45, 2.75) is 37.7 Å². The van der Waals surface area contributed by atoms with E-state index in [1.807, 2.05) is 18.2 Å². The molecule has 0 aromatic heterocycles. The van der Waals surface area contributed by atoms with Crippen LogP contribution in [0.5, 0.6) is 11.5 Å². The van der Waals surface area contributed by atoms with Crippen LogP contribution in [0.15, 0.2) is 18.2 Å². The van der Waals surface area contributed by atoms with E-state index in [0.29, 0.717) is 26.2 Å². The number of nitrogens with zero attached hydrogens (tertiary/aromatic N) is 2. The highest BCUT2D eigenvalue weighted by molar-refractivity contribution is 5.40. The number of hydrogen-bond acceptors (Lipinski definition) is 7. The Hall–Kier alpha value is -1.38. The van der Waals surface area contributed by atoms with Gasteiger partial charge in [-0.2, -0.15) is 0 Å². The zero-order valence-electron chi connectivity index (χ0n) is 15.4. The molecule has 1 aromatic rings. The standard InChI is InChI=1S/C19H30N2O5/c1-25-18-2-3-19(14(8-18)9-21-10-16(23)11-21)26-13-17(24)12-20-6-4-15(22)5-7-20/h2-3,8,15-17,22-24H,4-7,9-13H2,1H3/t17-/m1/s1. The summed E-state index contributed by atoms with van der Waals surface area (Å²) in [5.41, 5.74) is 0.990. The molecule has 0 unspecified atom stereocenters. The first kappa shape index (κ1) is 19.4. The van der Waals surface area contributed by atoms with Gasteiger partial charge in [0.15, 0.2) is 0 Å². The maximum atomic E-state index is 10.3. The Labute approximate surface area is 154 Å². The lowest BCUT2D eigenvalue weighted by Crippen LogP contribution is -2.49. The average Bonchev–Trinajstić information content (AvgIpc) is 2.61. The molecule has 3 rings (SSSR count). The van der Waals surface area contributed by atoms with Crippen LogP contribution < -0.4 is 9.47 Å². The van der Waals surface area contributed by atoms with Crippen molar-refractivity contribution in [1.82, 2.24) is 9.80 Å². The molecule has 146 valence electrons. The third-order valence-corrected chi connectivity index (χ3v) is 5.06. The summed E-state index contributed by atoms with van der Waals surface area (Å²) < 4.78 is 11.2. The zero-order valence-corrected chi connectivity index (χ0v) is 15.4. The van der Waals surface area contributed by atoms with E-state index in [2.05, 4.69) is 9.80 Å². The molecule has 2 aliphatic heterocycles. The highest BCUT2D eigenvalue weighted by Crippen LogP contribution is 2.27. The second-order valence-electron chi connectivity index (χ2n) is 7.32. The number of piperidine rings is 1. The predicted molar refractivity (Wildman–Crippen MR) is 97.5 cm³/mol. The Morgan fingerprint density at radius 2 is 1.85 bits per heavy atom. The Balaban J connectivity index is 1.52. The minimum absolute atomic E-state index is 0.207. The average molecular weight is 366 g/mol. The maximum absolute atomic E-state index is 10.3. The van der Waals surface area contributed by atoms with E-state index in [1.165, 1.54) is 0 Å². The Morgan fingerprint density at radius 1 is 1.12 bits per heavy atom. The molecule has 2 saturated heterocycles. The number of likely N-dealkylation sites (tertiary alicyclic amines) is 2. The molecule has 26 heavy (non-hydrogen) atoms. The molecule has 0 saturated carbocycles. The zero-order chi connectivity index (χ0) is 18.5. The first-order chi connectivity index (χ1) is 12.5. The SMILES string of the molecule is COc1ccc(OC[C@H](O)CN2CCC(O)CC2)c(CN2CC(O)C2)c1. The topological polar surface area (TPSA) is 85.6 Å². The van der Waals surface area contributed by atoms with Crippen molar-refractivity contribution in [3.05, 3.63) is 23.8 Å². The quantitative estimate of drug-likeness (QED) is 0.600. The number of aliphatic hydroxyl groups excluding tert-OH is 3. The monoisotopic (exact) mass is 366 g/mol. The Kier molecular flexibility index (Phi) is 6.72. The normalized spacial score (nSPS) is 21.4. The molecule has 0 radical (unpaired) electrons. The van der Waals surface area contributed by atoms with Gasteiger partial charge in [0.1, 0.15) is 24.2 Å². The second-order valence-corrected chi connectivity index (χ2v) is 7.32. The van der Waals surface area contributed by atoms with E-state index in [-0.39, 0.29) is 18.8 Å². The summed E-state index contributed by atoms with van der Waals surface area (Å²) in [5, 5.41) is 29.3. The first-order valence-electron chi connectivity index (χ1n) is 9.32. The van der Waals surface area contributed by atoms with Crippen molar-refractivity contribution in [2.75, 3.05) is 46.4 Å². The van der Waals surface area contributed by atoms with Gasteiger partial charge in [-0.25, -0.2) is 0 Å².